The van der Waals surface area contributed by atoms with E-state index in [1.165, 1.54) is 42.5 Å². The summed E-state index contributed by atoms with van der Waals surface area (Å²) in [5.74, 6) is -0.873. The third-order valence-electron chi connectivity index (χ3n) is 6.39. The first-order valence-corrected chi connectivity index (χ1v) is 16.0. The van der Waals surface area contributed by atoms with Crippen LogP contribution in [0.15, 0.2) is 110 Å². The van der Waals surface area contributed by atoms with Crippen molar-refractivity contribution < 1.29 is 34.4 Å². The molecule has 0 aliphatic heterocycles. The van der Waals surface area contributed by atoms with Gasteiger partial charge < -0.3 is 11.5 Å². The van der Waals surface area contributed by atoms with E-state index < -0.39 is 50.7 Å². The third-order valence-corrected chi connectivity index (χ3v) is 9.94. The van der Waals surface area contributed by atoms with E-state index in [4.69, 9.17) is 11.5 Å². The molecule has 1 unspecified atom stereocenters. The number of rotatable bonds is 6. The van der Waals surface area contributed by atoms with Crippen molar-refractivity contribution >= 4 is 41.4 Å². The second-order valence-electron chi connectivity index (χ2n) is 9.37. The number of nitrogens with two attached hydrogens (primary N) is 2. The highest BCUT2D eigenvalue weighted by Crippen LogP contribution is 2.40. The van der Waals surface area contributed by atoms with Gasteiger partial charge in [-0.15, -0.1) is 0 Å². The smallest absolute Gasteiger partial charge is 0.294 e. The fourth-order valence-corrected chi connectivity index (χ4v) is 7.34. The lowest BCUT2D eigenvalue weighted by atomic mass is 9.85. The summed E-state index contributed by atoms with van der Waals surface area (Å²) in [6.45, 7) is 3.31. The van der Waals surface area contributed by atoms with E-state index in [9.17, 15) is 34.4 Å². The van der Waals surface area contributed by atoms with Crippen LogP contribution in [0.1, 0.15) is 25.3 Å². The maximum Gasteiger partial charge on any atom is 0.294 e. The van der Waals surface area contributed by atoms with E-state index in [1.54, 1.807) is 38.1 Å². The molecule has 0 bridgehead atoms. The van der Waals surface area contributed by atoms with Crippen LogP contribution in [-0.2, 0) is 30.1 Å². The predicted molar refractivity (Wildman–Crippen MR) is 152 cm³/mol. The Labute approximate surface area is 232 Å². The van der Waals surface area contributed by atoms with Gasteiger partial charge in [-0.2, -0.15) is 16.8 Å². The summed E-state index contributed by atoms with van der Waals surface area (Å²) in [6.07, 6.45) is 3.65. The monoisotopic (exact) mass is 602 g/mol. The standard InChI is InChI=1S/C27H26N2O8S3/c1-16(2)25-14-21(39(32,33)34)9-11-23(25)24-12-8-20(15-27(24)40(35,36)37)38(30,31)26-13-19(29)7-10-22(26)17-3-5-18(28)6-4-17/h3-15,23H,28-29H2,1-2H3,(H,32,33,34)(H,35,36,37). The van der Waals surface area contributed by atoms with Gasteiger partial charge in [0.15, 0.2) is 0 Å². The molecule has 1 aliphatic carbocycles. The molecule has 0 amide bonds. The van der Waals surface area contributed by atoms with Crippen LogP contribution in [0.2, 0.25) is 0 Å². The molecule has 0 radical (unpaired) electrons. The normalized spacial score (nSPS) is 16.1. The minimum absolute atomic E-state index is 0.00544. The molecular formula is C27H26N2O8S3. The van der Waals surface area contributed by atoms with E-state index in [0.717, 1.165) is 12.1 Å². The first-order valence-electron chi connectivity index (χ1n) is 11.7. The topological polar surface area (TPSA) is 195 Å². The number of allylic oxidation sites excluding steroid dienone is 5. The van der Waals surface area contributed by atoms with Crippen molar-refractivity contribution in [2.45, 2.75) is 34.5 Å². The van der Waals surface area contributed by atoms with Crippen molar-refractivity contribution in [1.82, 2.24) is 0 Å². The minimum atomic E-state index is -4.96. The highest BCUT2D eigenvalue weighted by atomic mass is 32.2. The second-order valence-corrected chi connectivity index (χ2v) is 14.1. The van der Waals surface area contributed by atoms with Gasteiger partial charge in [0.25, 0.3) is 20.2 Å². The van der Waals surface area contributed by atoms with Crippen molar-refractivity contribution in [1.29, 1.82) is 0 Å². The fourth-order valence-electron chi connectivity index (χ4n) is 4.42. The molecule has 0 saturated carbocycles. The van der Waals surface area contributed by atoms with E-state index in [1.807, 2.05) is 0 Å². The Hall–Kier alpha value is -3.75. The summed E-state index contributed by atoms with van der Waals surface area (Å²) >= 11 is 0. The van der Waals surface area contributed by atoms with Gasteiger partial charge in [-0.3, -0.25) is 9.11 Å². The number of sulfone groups is 1. The van der Waals surface area contributed by atoms with E-state index in [0.29, 0.717) is 28.0 Å². The zero-order valence-corrected chi connectivity index (χ0v) is 23.8. The van der Waals surface area contributed by atoms with Crippen LogP contribution < -0.4 is 11.5 Å². The Kier molecular flexibility index (Phi) is 7.56. The Balaban J connectivity index is 1.92. The molecule has 4 rings (SSSR count). The summed E-state index contributed by atoms with van der Waals surface area (Å²) in [7, 11) is -13.9. The molecule has 210 valence electrons. The molecule has 10 nitrogen and oxygen atoms in total. The van der Waals surface area contributed by atoms with E-state index in [2.05, 4.69) is 0 Å². The molecule has 1 aliphatic rings. The van der Waals surface area contributed by atoms with Crippen molar-refractivity contribution in [3.8, 4) is 11.1 Å². The molecule has 3 aromatic rings. The Morgan fingerprint density at radius 1 is 0.750 bits per heavy atom. The zero-order valence-electron chi connectivity index (χ0n) is 21.3. The van der Waals surface area contributed by atoms with Gasteiger partial charge in [0, 0.05) is 22.9 Å². The van der Waals surface area contributed by atoms with Crippen molar-refractivity contribution in [3.63, 3.8) is 0 Å². The highest BCUT2D eigenvalue weighted by Gasteiger charge is 2.30. The Morgan fingerprint density at radius 2 is 1.38 bits per heavy atom. The van der Waals surface area contributed by atoms with Gasteiger partial charge in [-0.05, 0) is 79.1 Å². The fraction of sp³-hybridized carbons (Fsp3) is 0.111. The van der Waals surface area contributed by atoms with Crippen LogP contribution in [0.25, 0.3) is 11.1 Å². The summed E-state index contributed by atoms with van der Waals surface area (Å²) in [5.41, 5.74) is 14.1. The third kappa shape index (κ3) is 5.74. The molecule has 0 aromatic heterocycles. The van der Waals surface area contributed by atoms with Crippen LogP contribution >= 0.6 is 0 Å². The molecule has 3 aromatic carbocycles. The van der Waals surface area contributed by atoms with Crippen LogP contribution in [0, 0.1) is 0 Å². The van der Waals surface area contributed by atoms with Gasteiger partial charge in [0.2, 0.25) is 9.84 Å². The number of hydrogen-bond acceptors (Lipinski definition) is 8. The molecule has 0 saturated heterocycles. The molecule has 1 atom stereocenters. The van der Waals surface area contributed by atoms with Gasteiger partial charge >= 0.3 is 0 Å². The molecular weight excluding hydrogens is 577 g/mol. The molecule has 40 heavy (non-hydrogen) atoms. The lowest BCUT2D eigenvalue weighted by Crippen LogP contribution is -2.14. The number of nitrogen functional groups attached to an aromatic ring is 2. The van der Waals surface area contributed by atoms with E-state index in [-0.39, 0.29) is 16.1 Å². The maximum absolute atomic E-state index is 13.9. The largest absolute Gasteiger partial charge is 0.399 e. The quantitative estimate of drug-likeness (QED) is 0.232. The van der Waals surface area contributed by atoms with Crippen molar-refractivity contribution in [3.05, 3.63) is 101 Å². The number of anilines is 2. The molecule has 0 fully saturated rings. The van der Waals surface area contributed by atoms with Crippen LogP contribution in [-0.4, -0.2) is 34.4 Å². The summed E-state index contributed by atoms with van der Waals surface area (Å²) in [6, 6.07) is 14.1. The van der Waals surface area contributed by atoms with Gasteiger partial charge in [-0.1, -0.05) is 35.9 Å². The zero-order chi connectivity index (χ0) is 29.6. The van der Waals surface area contributed by atoms with Crippen molar-refractivity contribution in [2.24, 2.45) is 0 Å². The van der Waals surface area contributed by atoms with Gasteiger partial charge in [0.1, 0.15) is 0 Å². The minimum Gasteiger partial charge on any atom is -0.399 e. The summed E-state index contributed by atoms with van der Waals surface area (Å²) in [4.78, 5) is -1.68. The lowest BCUT2D eigenvalue weighted by molar-refractivity contribution is 0.481. The summed E-state index contributed by atoms with van der Waals surface area (Å²) in [5, 5.41) is 0. The van der Waals surface area contributed by atoms with Gasteiger partial charge in [-0.25, -0.2) is 8.42 Å². The predicted octanol–water partition coefficient (Wildman–Crippen LogP) is 4.36. The average molecular weight is 603 g/mol. The number of hydrogen-bond donors (Lipinski definition) is 4. The summed E-state index contributed by atoms with van der Waals surface area (Å²) < 4.78 is 95.7. The first-order chi connectivity index (χ1) is 18.5. The molecule has 0 heterocycles. The van der Waals surface area contributed by atoms with Crippen molar-refractivity contribution in [2.75, 3.05) is 11.5 Å². The molecule has 13 heteroatoms. The Bertz CT molecular complexity index is 1940. The van der Waals surface area contributed by atoms with Crippen LogP contribution in [0.4, 0.5) is 11.4 Å². The SMILES string of the molecule is CC(C)=C1C=C(S(=O)(=O)O)C=CC1c1ccc(S(=O)(=O)c2cc(N)ccc2-c2ccc(N)cc2)cc1S(=O)(=O)O. The average Bonchev–Trinajstić information content (AvgIpc) is 2.87. The maximum atomic E-state index is 13.9. The molecule has 0 spiro atoms. The lowest BCUT2D eigenvalue weighted by Gasteiger charge is -2.23. The van der Waals surface area contributed by atoms with Crippen LogP contribution in [0.3, 0.4) is 0 Å². The second kappa shape index (κ2) is 10.3. The van der Waals surface area contributed by atoms with Crippen LogP contribution in [0.5, 0.6) is 0 Å². The van der Waals surface area contributed by atoms with E-state index >= 15 is 0 Å². The highest BCUT2D eigenvalue weighted by molar-refractivity contribution is 7.91. The first kappa shape index (κ1) is 29.2. The molecule has 6 N–H and O–H groups in total. The van der Waals surface area contributed by atoms with Gasteiger partial charge in [0.05, 0.1) is 19.6 Å². The number of benzene rings is 3. The Morgan fingerprint density at radius 3 is 1.95 bits per heavy atom.